The number of Topliss-reactive ketones (excluding diaryl/α,β-unsaturated/α-hetero) is 1. The lowest BCUT2D eigenvalue weighted by Crippen LogP contribution is -2.20. The summed E-state index contributed by atoms with van der Waals surface area (Å²) in [5, 5.41) is 0. The maximum absolute atomic E-state index is 12.3. The van der Waals surface area contributed by atoms with Crippen molar-refractivity contribution in [3.63, 3.8) is 0 Å². The zero-order chi connectivity index (χ0) is 13.0. The summed E-state index contributed by atoms with van der Waals surface area (Å²) in [4.78, 5) is 12.3. The van der Waals surface area contributed by atoms with Gasteiger partial charge in [-0.2, -0.15) is 0 Å². The molecule has 0 radical (unpaired) electrons. The van der Waals surface area contributed by atoms with Gasteiger partial charge in [0.15, 0.2) is 5.78 Å². The smallest absolute Gasteiger partial charge is 0.165 e. The molecule has 1 saturated carbocycles. The fraction of sp³-hybridized carbons (Fsp3) is 0.562. The SMILES string of the molecule is CCOc1ccc(C(=O)C2CCC(C)CC2)cc1. The summed E-state index contributed by atoms with van der Waals surface area (Å²) in [5.41, 5.74) is 0.831. The molecule has 0 amide bonds. The summed E-state index contributed by atoms with van der Waals surface area (Å²) in [7, 11) is 0. The molecule has 2 nitrogen and oxygen atoms in total. The van der Waals surface area contributed by atoms with Gasteiger partial charge in [0.25, 0.3) is 0 Å². The Morgan fingerprint density at radius 1 is 1.17 bits per heavy atom. The molecule has 1 aromatic rings. The maximum atomic E-state index is 12.3. The van der Waals surface area contributed by atoms with Gasteiger partial charge in [-0.25, -0.2) is 0 Å². The molecule has 0 unspecified atom stereocenters. The summed E-state index contributed by atoms with van der Waals surface area (Å²) in [6.07, 6.45) is 4.47. The quantitative estimate of drug-likeness (QED) is 0.748. The molecule has 1 aromatic carbocycles. The molecule has 1 aliphatic rings. The minimum absolute atomic E-state index is 0.235. The lowest BCUT2D eigenvalue weighted by molar-refractivity contribution is 0.0875. The summed E-state index contributed by atoms with van der Waals surface area (Å²) in [5.74, 6) is 2.17. The Morgan fingerprint density at radius 3 is 2.33 bits per heavy atom. The zero-order valence-corrected chi connectivity index (χ0v) is 11.3. The van der Waals surface area contributed by atoms with E-state index in [-0.39, 0.29) is 5.92 Å². The molecule has 0 atom stereocenters. The first-order valence-corrected chi connectivity index (χ1v) is 6.97. The molecule has 2 heteroatoms. The minimum Gasteiger partial charge on any atom is -0.494 e. The average Bonchev–Trinajstić information content (AvgIpc) is 2.40. The highest BCUT2D eigenvalue weighted by Crippen LogP contribution is 2.30. The van der Waals surface area contributed by atoms with E-state index in [4.69, 9.17) is 4.74 Å². The summed E-state index contributed by atoms with van der Waals surface area (Å²) >= 11 is 0. The molecule has 0 heterocycles. The normalized spacial score (nSPS) is 23.7. The fourth-order valence-electron chi connectivity index (χ4n) is 2.64. The minimum atomic E-state index is 0.235. The van der Waals surface area contributed by atoms with Gasteiger partial charge in [0, 0.05) is 11.5 Å². The van der Waals surface area contributed by atoms with E-state index in [9.17, 15) is 4.79 Å². The van der Waals surface area contributed by atoms with Crippen LogP contribution in [-0.2, 0) is 0 Å². The lowest BCUT2D eigenvalue weighted by atomic mass is 9.79. The molecule has 98 valence electrons. The number of hydrogen-bond acceptors (Lipinski definition) is 2. The Bertz CT molecular complexity index is 386. The number of carbonyl (C=O) groups excluding carboxylic acids is 1. The maximum Gasteiger partial charge on any atom is 0.165 e. The molecule has 0 aromatic heterocycles. The van der Waals surface area contributed by atoms with Gasteiger partial charge in [-0.05, 0) is 49.9 Å². The van der Waals surface area contributed by atoms with Crippen molar-refractivity contribution in [2.45, 2.75) is 39.5 Å². The van der Waals surface area contributed by atoms with Crippen LogP contribution in [0.1, 0.15) is 49.9 Å². The van der Waals surface area contributed by atoms with Crippen LogP contribution in [0.5, 0.6) is 5.75 Å². The van der Waals surface area contributed by atoms with Gasteiger partial charge in [-0.1, -0.05) is 19.8 Å². The highest BCUT2D eigenvalue weighted by molar-refractivity contribution is 5.97. The van der Waals surface area contributed by atoms with Gasteiger partial charge in [0.05, 0.1) is 6.61 Å². The van der Waals surface area contributed by atoms with Crippen LogP contribution in [0.3, 0.4) is 0 Å². The van der Waals surface area contributed by atoms with Crippen molar-refractivity contribution in [1.29, 1.82) is 0 Å². The average molecular weight is 246 g/mol. The Balaban J connectivity index is 2.00. The standard InChI is InChI=1S/C16H22O2/c1-3-18-15-10-8-14(9-11-15)16(17)13-6-4-12(2)5-7-13/h8-13H,3-7H2,1-2H3. The highest BCUT2D eigenvalue weighted by Gasteiger charge is 2.24. The van der Waals surface area contributed by atoms with Crippen molar-refractivity contribution in [1.82, 2.24) is 0 Å². The Morgan fingerprint density at radius 2 is 1.78 bits per heavy atom. The van der Waals surface area contributed by atoms with Crippen molar-refractivity contribution in [3.8, 4) is 5.75 Å². The molecule has 0 aliphatic heterocycles. The van der Waals surface area contributed by atoms with Crippen LogP contribution in [0.25, 0.3) is 0 Å². The van der Waals surface area contributed by atoms with Gasteiger partial charge in [-0.15, -0.1) is 0 Å². The largest absolute Gasteiger partial charge is 0.494 e. The van der Waals surface area contributed by atoms with Crippen molar-refractivity contribution in [2.75, 3.05) is 6.61 Å². The predicted molar refractivity (Wildman–Crippen MR) is 73.1 cm³/mol. The van der Waals surface area contributed by atoms with E-state index < -0.39 is 0 Å². The third kappa shape index (κ3) is 3.12. The van der Waals surface area contributed by atoms with Gasteiger partial charge in [-0.3, -0.25) is 4.79 Å². The molecule has 0 N–H and O–H groups in total. The summed E-state index contributed by atoms with van der Waals surface area (Å²) in [6.45, 7) is 4.90. The first-order chi connectivity index (χ1) is 8.70. The van der Waals surface area contributed by atoms with E-state index in [0.717, 1.165) is 30.1 Å². The van der Waals surface area contributed by atoms with E-state index in [1.807, 2.05) is 31.2 Å². The molecule has 1 aliphatic carbocycles. The second-order valence-corrected chi connectivity index (χ2v) is 5.28. The van der Waals surface area contributed by atoms with Gasteiger partial charge >= 0.3 is 0 Å². The van der Waals surface area contributed by atoms with Crippen molar-refractivity contribution < 1.29 is 9.53 Å². The molecular formula is C16H22O2. The Kier molecular flexibility index (Phi) is 4.40. The molecule has 1 fully saturated rings. The van der Waals surface area contributed by atoms with E-state index in [1.54, 1.807) is 0 Å². The van der Waals surface area contributed by atoms with E-state index in [0.29, 0.717) is 12.4 Å². The van der Waals surface area contributed by atoms with Crippen LogP contribution in [0.2, 0.25) is 0 Å². The number of carbonyl (C=O) groups is 1. The number of ether oxygens (including phenoxy) is 1. The first-order valence-electron chi connectivity index (χ1n) is 6.97. The van der Waals surface area contributed by atoms with Gasteiger partial charge < -0.3 is 4.74 Å². The summed E-state index contributed by atoms with van der Waals surface area (Å²) < 4.78 is 5.39. The molecule has 2 rings (SSSR count). The number of rotatable bonds is 4. The summed E-state index contributed by atoms with van der Waals surface area (Å²) in [6, 6.07) is 7.57. The first kappa shape index (κ1) is 13.1. The van der Waals surface area contributed by atoms with Crippen LogP contribution < -0.4 is 4.74 Å². The van der Waals surface area contributed by atoms with Crippen molar-refractivity contribution in [3.05, 3.63) is 29.8 Å². The van der Waals surface area contributed by atoms with Crippen LogP contribution in [0.4, 0.5) is 0 Å². The van der Waals surface area contributed by atoms with Crippen LogP contribution in [0.15, 0.2) is 24.3 Å². The number of hydrogen-bond donors (Lipinski definition) is 0. The third-order valence-corrected chi connectivity index (χ3v) is 3.84. The van der Waals surface area contributed by atoms with Crippen molar-refractivity contribution >= 4 is 5.78 Å². The van der Waals surface area contributed by atoms with E-state index >= 15 is 0 Å². The highest BCUT2D eigenvalue weighted by atomic mass is 16.5. The lowest BCUT2D eigenvalue weighted by Gasteiger charge is -2.25. The second-order valence-electron chi connectivity index (χ2n) is 5.28. The predicted octanol–water partition coefficient (Wildman–Crippen LogP) is 4.09. The van der Waals surface area contributed by atoms with E-state index in [2.05, 4.69) is 6.92 Å². The molecule has 0 saturated heterocycles. The topological polar surface area (TPSA) is 26.3 Å². The molecule has 18 heavy (non-hydrogen) atoms. The monoisotopic (exact) mass is 246 g/mol. The Hall–Kier alpha value is -1.31. The fourth-order valence-corrected chi connectivity index (χ4v) is 2.64. The second kappa shape index (κ2) is 6.03. The van der Waals surface area contributed by atoms with E-state index in [1.165, 1.54) is 12.8 Å². The number of ketones is 1. The number of benzene rings is 1. The Labute approximate surface area is 109 Å². The van der Waals surface area contributed by atoms with Gasteiger partial charge in [0.2, 0.25) is 0 Å². The van der Waals surface area contributed by atoms with Crippen LogP contribution in [0, 0.1) is 11.8 Å². The zero-order valence-electron chi connectivity index (χ0n) is 11.3. The van der Waals surface area contributed by atoms with Crippen molar-refractivity contribution in [2.24, 2.45) is 11.8 Å². The van der Waals surface area contributed by atoms with Gasteiger partial charge in [0.1, 0.15) is 5.75 Å². The third-order valence-electron chi connectivity index (χ3n) is 3.84. The van der Waals surface area contributed by atoms with Crippen LogP contribution >= 0.6 is 0 Å². The molecular weight excluding hydrogens is 224 g/mol. The van der Waals surface area contributed by atoms with Crippen LogP contribution in [-0.4, -0.2) is 12.4 Å². The molecule has 0 bridgehead atoms. The molecule has 0 spiro atoms.